The lowest BCUT2D eigenvalue weighted by Crippen LogP contribution is -2.30. The zero-order chi connectivity index (χ0) is 76.0. The van der Waals surface area contributed by atoms with Gasteiger partial charge >= 0.3 is 39.5 Å². The molecule has 2 unspecified atom stereocenters. The quantitative estimate of drug-likeness (QED) is 0.0222. The normalized spacial score (nSPS) is 13.7. The van der Waals surface area contributed by atoms with Crippen molar-refractivity contribution in [1.29, 1.82) is 0 Å². The van der Waals surface area contributed by atoms with Crippen LogP contribution in [0.4, 0.5) is 0 Å². The van der Waals surface area contributed by atoms with Crippen LogP contribution in [0, 0.1) is 0 Å². The summed E-state index contributed by atoms with van der Waals surface area (Å²) in [6.45, 7) is 5.07. The first-order valence-corrected chi connectivity index (χ1v) is 47.3. The molecule has 0 aliphatic rings. The van der Waals surface area contributed by atoms with Crippen LogP contribution in [0.25, 0.3) is 0 Å². The van der Waals surface area contributed by atoms with Gasteiger partial charge in [-0.15, -0.1) is 0 Å². The minimum atomic E-state index is -4.96. The first-order valence-electron chi connectivity index (χ1n) is 44.3. The molecule has 19 heteroatoms. The number of esters is 4. The maximum Gasteiger partial charge on any atom is 0.472 e. The smallest absolute Gasteiger partial charge is 0.462 e. The van der Waals surface area contributed by atoms with Gasteiger partial charge in [-0.05, 0) is 25.7 Å². The van der Waals surface area contributed by atoms with Gasteiger partial charge < -0.3 is 33.8 Å². The molecule has 0 spiro atoms. The predicted octanol–water partition coefficient (Wildman–Crippen LogP) is 26.1. The molecule has 0 saturated heterocycles. The maximum atomic E-state index is 13.1. The van der Waals surface area contributed by atoms with Crippen molar-refractivity contribution in [3.05, 3.63) is 0 Å². The minimum absolute atomic E-state index is 0.110. The van der Waals surface area contributed by atoms with E-state index in [-0.39, 0.29) is 25.7 Å². The topological polar surface area (TPSA) is 237 Å². The number of aliphatic hydroxyl groups is 1. The molecule has 0 heterocycles. The molecule has 0 amide bonds. The Morgan fingerprint density at radius 1 is 0.231 bits per heavy atom. The number of ether oxygens (including phenoxy) is 4. The summed E-state index contributed by atoms with van der Waals surface area (Å²) in [5.74, 6) is -2.10. The highest BCUT2D eigenvalue weighted by atomic mass is 31.2. The lowest BCUT2D eigenvalue weighted by molar-refractivity contribution is -0.161. The molecule has 3 N–H and O–H groups in total. The van der Waals surface area contributed by atoms with Gasteiger partial charge in [0, 0.05) is 25.7 Å². The Morgan fingerprint density at radius 3 is 0.567 bits per heavy atom. The lowest BCUT2D eigenvalue weighted by Gasteiger charge is -2.21. The molecule has 0 fully saturated rings. The Morgan fingerprint density at radius 2 is 0.385 bits per heavy atom. The van der Waals surface area contributed by atoms with E-state index in [9.17, 15) is 43.2 Å². The summed E-state index contributed by atoms with van der Waals surface area (Å²) in [6.07, 6.45) is 73.4. The number of carbonyl (C=O) groups is 4. The minimum Gasteiger partial charge on any atom is -0.462 e. The van der Waals surface area contributed by atoms with Crippen molar-refractivity contribution < 1.29 is 80.2 Å². The Balaban J connectivity index is 5.26. The van der Waals surface area contributed by atoms with Gasteiger partial charge in [-0.2, -0.15) is 0 Å². The van der Waals surface area contributed by atoms with Gasteiger partial charge in [-0.25, -0.2) is 9.13 Å². The van der Waals surface area contributed by atoms with E-state index in [1.807, 2.05) is 0 Å². The fourth-order valence-electron chi connectivity index (χ4n) is 13.3. The van der Waals surface area contributed by atoms with Crippen molar-refractivity contribution in [2.24, 2.45) is 0 Å². The molecule has 0 aliphatic carbocycles. The molecule has 0 saturated carbocycles. The zero-order valence-electron chi connectivity index (χ0n) is 68.0. The molecule has 0 aromatic carbocycles. The van der Waals surface area contributed by atoms with E-state index in [0.717, 1.165) is 89.9 Å². The van der Waals surface area contributed by atoms with Crippen molar-refractivity contribution in [3.8, 4) is 0 Å². The van der Waals surface area contributed by atoms with Gasteiger partial charge in [0.1, 0.15) is 19.3 Å². The van der Waals surface area contributed by atoms with Gasteiger partial charge in [-0.1, -0.05) is 413 Å². The Hall–Kier alpha value is -1.94. The van der Waals surface area contributed by atoms with Crippen molar-refractivity contribution in [3.63, 3.8) is 0 Å². The number of phosphoric ester groups is 2. The number of hydrogen-bond donors (Lipinski definition) is 3. The maximum absolute atomic E-state index is 13.1. The number of rotatable bonds is 86. The highest BCUT2D eigenvalue weighted by molar-refractivity contribution is 7.47. The number of hydrogen-bond acceptors (Lipinski definition) is 15. The number of unbranched alkanes of at least 4 members (excludes halogenated alkanes) is 60. The largest absolute Gasteiger partial charge is 0.472 e. The average Bonchev–Trinajstić information content (AvgIpc) is 0.936. The van der Waals surface area contributed by atoms with E-state index >= 15 is 0 Å². The average molecular weight is 1520 g/mol. The third-order valence-corrected chi connectivity index (χ3v) is 22.0. The number of phosphoric acid groups is 2. The number of aliphatic hydroxyl groups excluding tert-OH is 1. The third kappa shape index (κ3) is 78.2. The molecule has 618 valence electrons. The molecular weight excluding hydrogens is 1350 g/mol. The van der Waals surface area contributed by atoms with Gasteiger partial charge in [-0.3, -0.25) is 37.3 Å². The van der Waals surface area contributed by atoms with Crippen LogP contribution in [-0.2, 0) is 65.4 Å². The standard InChI is InChI=1S/C85H166O17P2/c1-5-9-13-17-21-25-29-33-36-39-42-46-50-54-58-62-66-70-83(88)96-76-81(102-85(90)72-68-64-60-56-52-48-44-41-38-35-31-27-23-19-15-11-7-3)78-100-104(93,94)98-74-79(86)73-97-103(91,92)99-77-80(75-95-82(87)69-65-61-57-53-49-45-32-28-24-20-16-12-8-4)101-84(89)71-67-63-59-55-51-47-43-40-37-34-30-26-22-18-14-10-6-2/h79-81,86H,5-78H2,1-4H3,(H,91,92)(H,93,94)/t79-,80+,81+/m0/s1. The molecule has 0 aromatic rings. The third-order valence-electron chi connectivity index (χ3n) is 20.1. The van der Waals surface area contributed by atoms with Gasteiger partial charge in [0.05, 0.1) is 26.4 Å². The lowest BCUT2D eigenvalue weighted by atomic mass is 10.0. The van der Waals surface area contributed by atoms with Crippen LogP contribution >= 0.6 is 15.6 Å². The molecule has 0 bridgehead atoms. The van der Waals surface area contributed by atoms with Gasteiger partial charge in [0.15, 0.2) is 12.2 Å². The van der Waals surface area contributed by atoms with E-state index < -0.39 is 97.5 Å². The first-order chi connectivity index (χ1) is 50.7. The Kier molecular flexibility index (Phi) is 77.7. The summed E-state index contributed by atoms with van der Waals surface area (Å²) in [5.41, 5.74) is 0. The summed E-state index contributed by atoms with van der Waals surface area (Å²) in [4.78, 5) is 73.2. The number of carbonyl (C=O) groups excluding carboxylic acids is 4. The second kappa shape index (κ2) is 79.2. The van der Waals surface area contributed by atoms with Crippen LogP contribution in [0.2, 0.25) is 0 Å². The first kappa shape index (κ1) is 102. The summed E-state index contributed by atoms with van der Waals surface area (Å²) in [6, 6.07) is 0. The fraction of sp³-hybridized carbons (Fsp3) is 0.953. The van der Waals surface area contributed by atoms with Crippen LogP contribution in [0.15, 0.2) is 0 Å². The Bertz CT molecular complexity index is 1960. The second-order valence-corrected chi connectivity index (χ2v) is 33.5. The molecule has 0 aliphatic heterocycles. The zero-order valence-corrected chi connectivity index (χ0v) is 69.8. The Labute approximate surface area is 638 Å². The van der Waals surface area contributed by atoms with Crippen LogP contribution in [-0.4, -0.2) is 96.7 Å². The SMILES string of the molecule is CCCCCCCCCCCCCCCCCCCC(=O)OC[C@H](COP(=O)(O)OC[C@@H](O)COP(=O)(O)OC[C@@H](COC(=O)CCCCCCCCCCCCCCC)OC(=O)CCCCCCCCCCCCCCCCCCC)OC(=O)CCCCCCCCCCCCCCCCCCC. The summed E-state index contributed by atoms with van der Waals surface area (Å²) in [5, 5.41) is 10.7. The highest BCUT2D eigenvalue weighted by Gasteiger charge is 2.30. The fourth-order valence-corrected chi connectivity index (χ4v) is 14.9. The summed E-state index contributed by atoms with van der Waals surface area (Å²) < 4.78 is 68.9. The highest BCUT2D eigenvalue weighted by Crippen LogP contribution is 2.45. The molecule has 104 heavy (non-hydrogen) atoms. The molecular formula is C85H166O17P2. The van der Waals surface area contributed by atoms with Gasteiger partial charge in [0.25, 0.3) is 0 Å². The van der Waals surface area contributed by atoms with Crippen LogP contribution in [0.1, 0.15) is 464 Å². The van der Waals surface area contributed by atoms with E-state index in [2.05, 4.69) is 27.7 Å². The summed E-state index contributed by atoms with van der Waals surface area (Å²) >= 11 is 0. The van der Waals surface area contributed by atoms with E-state index in [1.54, 1.807) is 0 Å². The van der Waals surface area contributed by atoms with Crippen molar-refractivity contribution in [2.75, 3.05) is 39.6 Å². The van der Waals surface area contributed by atoms with Crippen LogP contribution in [0.5, 0.6) is 0 Å². The van der Waals surface area contributed by atoms with Crippen LogP contribution < -0.4 is 0 Å². The van der Waals surface area contributed by atoms with Crippen LogP contribution in [0.3, 0.4) is 0 Å². The predicted molar refractivity (Wildman–Crippen MR) is 428 cm³/mol. The molecule has 5 atom stereocenters. The molecule has 17 nitrogen and oxygen atoms in total. The van der Waals surface area contributed by atoms with E-state index in [1.165, 1.54) is 295 Å². The molecule has 0 radical (unpaired) electrons. The van der Waals surface area contributed by atoms with Crippen molar-refractivity contribution >= 4 is 39.5 Å². The molecule has 0 aromatic heterocycles. The van der Waals surface area contributed by atoms with E-state index in [4.69, 9.17) is 37.0 Å². The second-order valence-electron chi connectivity index (χ2n) is 30.6. The van der Waals surface area contributed by atoms with Gasteiger partial charge in [0.2, 0.25) is 0 Å². The van der Waals surface area contributed by atoms with E-state index in [0.29, 0.717) is 25.7 Å². The van der Waals surface area contributed by atoms with Crippen molar-refractivity contribution in [1.82, 2.24) is 0 Å². The summed E-state index contributed by atoms with van der Waals surface area (Å²) in [7, 11) is -9.93. The monoisotopic (exact) mass is 1520 g/mol. The van der Waals surface area contributed by atoms with Crippen molar-refractivity contribution in [2.45, 2.75) is 483 Å². The molecule has 0 rings (SSSR count).